The molecule has 2 aromatic carbocycles. The van der Waals surface area contributed by atoms with Crippen molar-refractivity contribution in [1.29, 1.82) is 0 Å². The summed E-state index contributed by atoms with van der Waals surface area (Å²) in [7, 11) is 0. The van der Waals surface area contributed by atoms with Gasteiger partial charge in [-0.3, -0.25) is 0 Å². The van der Waals surface area contributed by atoms with Crippen LogP contribution in [-0.4, -0.2) is 79.0 Å². The molecule has 0 aliphatic rings. The van der Waals surface area contributed by atoms with Gasteiger partial charge in [0.05, 0.1) is 6.54 Å². The zero-order valence-electron chi connectivity index (χ0n) is 18.2. The van der Waals surface area contributed by atoms with Gasteiger partial charge in [0.1, 0.15) is 12.4 Å². The van der Waals surface area contributed by atoms with E-state index in [2.05, 4.69) is 54.1 Å². The molecule has 0 saturated carbocycles. The minimum atomic E-state index is -0.942. The van der Waals surface area contributed by atoms with Gasteiger partial charge in [-0.25, -0.2) is 4.79 Å². The number of hydrogen-bond donors (Lipinski definition) is 1. The van der Waals surface area contributed by atoms with Crippen molar-refractivity contribution in [2.75, 3.05) is 19.5 Å². The quantitative estimate of drug-likeness (QED) is 0.325. The molecule has 7 heteroatoms. The Morgan fingerprint density at radius 2 is 1.75 bits per heavy atom. The zero-order valence-corrected chi connectivity index (χ0v) is 19.0. The third kappa shape index (κ3) is 7.29. The summed E-state index contributed by atoms with van der Waals surface area (Å²) in [6.07, 6.45) is 1.59. The van der Waals surface area contributed by atoms with Gasteiger partial charge >= 0.3 is 43.7 Å². The van der Waals surface area contributed by atoms with Gasteiger partial charge < -0.3 is 19.1 Å². The Bertz CT molecular complexity index is 986. The van der Waals surface area contributed by atoms with Crippen LogP contribution in [0.1, 0.15) is 18.2 Å². The molecule has 168 valence electrons. The van der Waals surface area contributed by atoms with Crippen molar-refractivity contribution in [2.45, 2.75) is 37.8 Å². The molecule has 0 aliphatic carbocycles. The number of benzene rings is 2. The van der Waals surface area contributed by atoms with Gasteiger partial charge in [-0.15, -0.1) is 11.8 Å². The topological polar surface area (TPSA) is 60.7 Å². The third-order valence-corrected chi connectivity index (χ3v) is 5.90. The monoisotopic (exact) mass is 481 g/mol. The standard InChI is InChI=1S/C25H29NO4S.Ca.2H/c1-4-29-24(25(27)28)17-19-6-10-21(11-7-19)30-16-15-26-18(2)5-14-23(26)20-8-12-22(31-3)13-9-20;;;/h5-14,24H,4,15-17H2,1-3H3,(H,27,28);;;. The Morgan fingerprint density at radius 1 is 1.06 bits per heavy atom. The van der Waals surface area contributed by atoms with Crippen LogP contribution in [0.2, 0.25) is 0 Å². The molecule has 3 aromatic rings. The van der Waals surface area contributed by atoms with Gasteiger partial charge in [0.2, 0.25) is 0 Å². The fourth-order valence-corrected chi connectivity index (χ4v) is 3.90. The summed E-state index contributed by atoms with van der Waals surface area (Å²) in [4.78, 5) is 12.5. The van der Waals surface area contributed by atoms with Crippen molar-refractivity contribution in [3.8, 4) is 17.0 Å². The number of hydrogen-bond acceptors (Lipinski definition) is 4. The predicted molar refractivity (Wildman–Crippen MR) is 134 cm³/mol. The zero-order chi connectivity index (χ0) is 22.2. The summed E-state index contributed by atoms with van der Waals surface area (Å²) < 4.78 is 13.5. The van der Waals surface area contributed by atoms with E-state index in [1.54, 1.807) is 18.7 Å². The van der Waals surface area contributed by atoms with E-state index in [1.165, 1.54) is 21.8 Å². The van der Waals surface area contributed by atoms with Gasteiger partial charge in [-0.05, 0) is 67.6 Å². The third-order valence-electron chi connectivity index (χ3n) is 5.16. The first-order valence-electron chi connectivity index (χ1n) is 10.4. The average molecular weight is 482 g/mol. The molecule has 32 heavy (non-hydrogen) atoms. The summed E-state index contributed by atoms with van der Waals surface area (Å²) in [6, 6.07) is 20.4. The van der Waals surface area contributed by atoms with Crippen molar-refractivity contribution in [3.05, 3.63) is 71.9 Å². The predicted octanol–water partition coefficient (Wildman–Crippen LogP) is 4.38. The van der Waals surface area contributed by atoms with Crippen LogP contribution >= 0.6 is 11.8 Å². The molecule has 1 aromatic heterocycles. The molecule has 1 unspecified atom stereocenters. The second-order valence-electron chi connectivity index (χ2n) is 7.22. The van der Waals surface area contributed by atoms with E-state index in [9.17, 15) is 9.90 Å². The van der Waals surface area contributed by atoms with Crippen LogP contribution < -0.4 is 4.74 Å². The number of aromatic nitrogens is 1. The second kappa shape index (κ2) is 13.3. The molecule has 0 radical (unpaired) electrons. The summed E-state index contributed by atoms with van der Waals surface area (Å²) >= 11 is 1.74. The Balaban J connectivity index is 0.00000363. The van der Waals surface area contributed by atoms with Crippen molar-refractivity contribution in [1.82, 2.24) is 4.57 Å². The van der Waals surface area contributed by atoms with Crippen molar-refractivity contribution in [3.63, 3.8) is 0 Å². The molecule has 3 rings (SSSR count). The number of carboxylic acids is 1. The second-order valence-corrected chi connectivity index (χ2v) is 8.10. The first-order valence-corrected chi connectivity index (χ1v) is 11.6. The molecule has 0 saturated heterocycles. The molecule has 0 spiro atoms. The van der Waals surface area contributed by atoms with Crippen molar-refractivity contribution >= 4 is 55.5 Å². The van der Waals surface area contributed by atoms with E-state index in [4.69, 9.17) is 9.47 Å². The number of thioether (sulfide) groups is 1. The first-order chi connectivity index (χ1) is 15.0. The maximum absolute atomic E-state index is 11.3. The number of ether oxygens (including phenoxy) is 2. The van der Waals surface area contributed by atoms with Gasteiger partial charge in [0, 0.05) is 29.3 Å². The fourth-order valence-electron chi connectivity index (χ4n) is 3.49. The van der Waals surface area contributed by atoms with E-state index in [0.717, 1.165) is 17.9 Å². The molecule has 1 atom stereocenters. The molecule has 5 nitrogen and oxygen atoms in total. The molecule has 1 N–H and O–H groups in total. The SMILES string of the molecule is CCOC(Cc1ccc(OCCn2c(C)ccc2-c2ccc(SC)cc2)cc1)C(=O)O.[CaH2]. The number of carbonyl (C=O) groups is 1. The molecular weight excluding hydrogens is 450 g/mol. The van der Waals surface area contributed by atoms with E-state index in [0.29, 0.717) is 19.6 Å². The number of aryl methyl sites for hydroxylation is 1. The van der Waals surface area contributed by atoms with Crippen LogP contribution in [0.3, 0.4) is 0 Å². The summed E-state index contributed by atoms with van der Waals surface area (Å²) in [5, 5.41) is 9.23. The van der Waals surface area contributed by atoms with Crippen molar-refractivity contribution < 1.29 is 19.4 Å². The van der Waals surface area contributed by atoms with Gasteiger partial charge in [0.25, 0.3) is 0 Å². The Kier molecular flexibility index (Phi) is 11.2. The van der Waals surface area contributed by atoms with Crippen LogP contribution in [0.25, 0.3) is 11.3 Å². The fraction of sp³-hybridized carbons (Fsp3) is 0.320. The van der Waals surface area contributed by atoms with Crippen LogP contribution in [0.5, 0.6) is 5.75 Å². The van der Waals surface area contributed by atoms with Crippen molar-refractivity contribution in [2.24, 2.45) is 0 Å². The normalized spacial score (nSPS) is 11.6. The molecule has 0 bridgehead atoms. The first kappa shape index (κ1) is 26.8. The Hall–Kier alpha value is -1.44. The summed E-state index contributed by atoms with van der Waals surface area (Å²) in [5.74, 6) is -0.175. The number of carboxylic acid groups (broad SMARTS) is 1. The van der Waals surface area contributed by atoms with Crippen LogP contribution in [-0.2, 0) is 22.5 Å². The van der Waals surface area contributed by atoms with E-state index >= 15 is 0 Å². The van der Waals surface area contributed by atoms with Gasteiger partial charge in [-0.2, -0.15) is 0 Å². The van der Waals surface area contributed by atoms with Crippen LogP contribution in [0.4, 0.5) is 0 Å². The number of nitrogens with zero attached hydrogens (tertiary/aromatic N) is 1. The molecular formula is C25H31CaNO4S. The Morgan fingerprint density at radius 3 is 2.34 bits per heavy atom. The number of aliphatic carboxylic acids is 1. The van der Waals surface area contributed by atoms with Crippen LogP contribution in [0, 0.1) is 6.92 Å². The number of rotatable bonds is 11. The molecule has 0 amide bonds. The van der Waals surface area contributed by atoms with E-state index in [1.807, 2.05) is 24.3 Å². The van der Waals surface area contributed by atoms with Gasteiger partial charge in [0.15, 0.2) is 6.10 Å². The summed E-state index contributed by atoms with van der Waals surface area (Å²) in [6.45, 7) is 5.56. The van der Waals surface area contributed by atoms with E-state index < -0.39 is 12.1 Å². The maximum atomic E-state index is 11.3. The van der Waals surface area contributed by atoms with Gasteiger partial charge in [-0.1, -0.05) is 24.3 Å². The molecule has 0 aliphatic heterocycles. The molecule has 1 heterocycles. The Labute approximate surface area is 224 Å². The minimum absolute atomic E-state index is 0. The van der Waals surface area contributed by atoms with Crippen LogP contribution in [0.15, 0.2) is 65.6 Å². The molecule has 0 fully saturated rings. The average Bonchev–Trinajstić information content (AvgIpc) is 3.15. The van der Waals surface area contributed by atoms with E-state index in [-0.39, 0.29) is 37.7 Å². The summed E-state index contributed by atoms with van der Waals surface area (Å²) in [5.41, 5.74) is 4.47.